The summed E-state index contributed by atoms with van der Waals surface area (Å²) in [6.07, 6.45) is -2.10. The number of rotatable bonds is 8. The molecule has 300 valence electrons. The molecule has 0 spiro atoms. The number of aromatic hydroxyl groups is 2. The first-order valence-corrected chi connectivity index (χ1v) is 18.6. The molecule has 16 nitrogen and oxygen atoms in total. The Hall–Kier alpha value is -4.55. The lowest BCUT2D eigenvalue weighted by Gasteiger charge is -2.53. The van der Waals surface area contributed by atoms with Gasteiger partial charge in [0.05, 0.1) is 35.5 Å². The van der Waals surface area contributed by atoms with E-state index in [1.54, 1.807) is 13.8 Å². The summed E-state index contributed by atoms with van der Waals surface area (Å²) >= 11 is 0. The quantitative estimate of drug-likeness (QED) is 0.197. The molecule has 0 radical (unpaired) electrons. The van der Waals surface area contributed by atoms with Crippen molar-refractivity contribution in [3.8, 4) is 11.5 Å². The number of benzene rings is 2. The zero-order valence-electron chi connectivity index (χ0n) is 31.6. The van der Waals surface area contributed by atoms with Crippen LogP contribution in [0.2, 0.25) is 0 Å². The maximum absolute atomic E-state index is 14.9. The van der Waals surface area contributed by atoms with E-state index in [0.29, 0.717) is 5.56 Å². The van der Waals surface area contributed by atoms with Crippen molar-refractivity contribution in [2.75, 3.05) is 21.3 Å². The SMILES string of the molecule is CO[C@@H]1[C@@H](O)[C@@H](OC)C(NC2=CC(=O)c3c(cc4c(c3O)C(=O)[C@]3(OC)[C@H](O)Cc5cc(C)c(CC(=O)NC6CCCCC6)c(O)c5[C@]3(O)C4=O)C2=O)O[C@H]1C. The van der Waals surface area contributed by atoms with E-state index in [-0.39, 0.29) is 29.3 Å². The molecule has 56 heavy (non-hydrogen) atoms. The predicted octanol–water partition coefficient (Wildman–Crippen LogP) is 0.955. The molecule has 16 heteroatoms. The molecule has 0 bridgehead atoms. The van der Waals surface area contributed by atoms with E-state index in [4.69, 9.17) is 18.9 Å². The van der Waals surface area contributed by atoms with Crippen LogP contribution < -0.4 is 10.6 Å². The fourth-order valence-corrected chi connectivity index (χ4v) is 9.44. The molecule has 2 fully saturated rings. The number of hydrogen-bond donors (Lipinski definition) is 7. The monoisotopic (exact) mass is 778 g/mol. The minimum Gasteiger partial charge on any atom is -0.507 e. The molecule has 2 aromatic carbocycles. The topological polar surface area (TPSA) is 247 Å². The predicted molar refractivity (Wildman–Crippen MR) is 193 cm³/mol. The number of amides is 1. The van der Waals surface area contributed by atoms with Crippen molar-refractivity contribution in [2.24, 2.45) is 0 Å². The number of fused-ring (bicyclic) bond motifs is 5. The Morgan fingerprint density at radius 2 is 1.61 bits per heavy atom. The van der Waals surface area contributed by atoms with Gasteiger partial charge in [0.25, 0.3) is 0 Å². The number of carbonyl (C=O) groups excluding carboxylic acids is 5. The third-order valence-corrected chi connectivity index (χ3v) is 12.2. The van der Waals surface area contributed by atoms with Crippen LogP contribution in [0.5, 0.6) is 11.5 Å². The fraction of sp³-hybridized carbons (Fsp3) is 0.525. The van der Waals surface area contributed by atoms with E-state index in [1.807, 2.05) is 0 Å². The van der Waals surface area contributed by atoms with Gasteiger partial charge in [-0.1, -0.05) is 25.3 Å². The second kappa shape index (κ2) is 14.4. The number of phenols is 2. The minimum atomic E-state index is -3.16. The van der Waals surface area contributed by atoms with Crippen LogP contribution in [0.15, 0.2) is 23.9 Å². The van der Waals surface area contributed by atoms with Crippen LogP contribution in [0.25, 0.3) is 0 Å². The van der Waals surface area contributed by atoms with Gasteiger partial charge in [-0.2, -0.15) is 0 Å². The van der Waals surface area contributed by atoms with Gasteiger partial charge in [-0.25, -0.2) is 0 Å². The zero-order chi connectivity index (χ0) is 40.6. The third kappa shape index (κ3) is 5.64. The average Bonchev–Trinajstić information content (AvgIpc) is 3.14. The highest BCUT2D eigenvalue weighted by molar-refractivity contribution is 6.30. The molecule has 7 rings (SSSR count). The molecule has 4 aliphatic carbocycles. The lowest BCUT2D eigenvalue weighted by Crippen LogP contribution is -2.73. The van der Waals surface area contributed by atoms with Crippen molar-refractivity contribution in [1.29, 1.82) is 0 Å². The second-order valence-corrected chi connectivity index (χ2v) is 15.3. The Morgan fingerprint density at radius 1 is 0.929 bits per heavy atom. The Kier molecular flexibility index (Phi) is 10.2. The number of aliphatic hydroxyl groups is 3. The lowest BCUT2D eigenvalue weighted by atomic mass is 9.56. The number of aryl methyl sites for hydroxylation is 1. The minimum absolute atomic E-state index is 0.0422. The molecule has 1 saturated heterocycles. The number of nitrogens with one attached hydrogen (secondary N) is 2. The van der Waals surface area contributed by atoms with Crippen LogP contribution in [0.3, 0.4) is 0 Å². The molecule has 1 heterocycles. The largest absolute Gasteiger partial charge is 0.507 e. The smallest absolute Gasteiger partial charge is 0.224 e. The number of ether oxygens (including phenoxy) is 4. The number of allylic oxidation sites excluding steroid dienone is 2. The lowest BCUT2D eigenvalue weighted by molar-refractivity contribution is -0.236. The van der Waals surface area contributed by atoms with E-state index in [0.717, 1.165) is 51.4 Å². The van der Waals surface area contributed by atoms with Gasteiger partial charge in [0.1, 0.15) is 29.8 Å². The number of Topliss-reactive ketones (excluding diaryl/α,β-unsaturated/α-hetero) is 3. The number of phenolic OH excluding ortho intramolecular Hbond substituents is 2. The Bertz CT molecular complexity index is 2070. The molecule has 1 amide bonds. The van der Waals surface area contributed by atoms with Crippen molar-refractivity contribution < 1.29 is 68.5 Å². The molecular weight excluding hydrogens is 732 g/mol. The first-order chi connectivity index (χ1) is 26.6. The maximum Gasteiger partial charge on any atom is 0.224 e. The van der Waals surface area contributed by atoms with E-state index < -0.39 is 123 Å². The van der Waals surface area contributed by atoms with Gasteiger partial charge in [-0.3, -0.25) is 24.0 Å². The molecule has 8 atom stereocenters. The molecule has 1 aliphatic heterocycles. The van der Waals surface area contributed by atoms with Crippen LogP contribution in [0.4, 0.5) is 0 Å². The summed E-state index contributed by atoms with van der Waals surface area (Å²) in [5, 5.41) is 64.5. The fourth-order valence-electron chi connectivity index (χ4n) is 9.44. The summed E-state index contributed by atoms with van der Waals surface area (Å²) in [6, 6.07) is 2.36. The highest BCUT2D eigenvalue weighted by atomic mass is 16.6. The zero-order valence-corrected chi connectivity index (χ0v) is 31.6. The molecule has 7 N–H and O–H groups in total. The second-order valence-electron chi connectivity index (χ2n) is 15.3. The molecule has 5 aliphatic rings. The van der Waals surface area contributed by atoms with Crippen molar-refractivity contribution in [3.05, 3.63) is 68.4 Å². The number of hydrogen-bond acceptors (Lipinski definition) is 15. The first-order valence-electron chi connectivity index (χ1n) is 18.6. The van der Waals surface area contributed by atoms with Crippen molar-refractivity contribution in [2.45, 2.75) is 113 Å². The van der Waals surface area contributed by atoms with E-state index >= 15 is 0 Å². The summed E-state index contributed by atoms with van der Waals surface area (Å²) in [6.45, 7) is 3.25. The van der Waals surface area contributed by atoms with Gasteiger partial charge in [-0.15, -0.1) is 0 Å². The molecule has 1 saturated carbocycles. The number of aliphatic hydroxyl groups excluding tert-OH is 2. The maximum atomic E-state index is 14.9. The van der Waals surface area contributed by atoms with E-state index in [9.17, 15) is 49.5 Å². The average molecular weight is 779 g/mol. The van der Waals surface area contributed by atoms with E-state index in [1.165, 1.54) is 20.3 Å². The third-order valence-electron chi connectivity index (χ3n) is 12.2. The number of carbonyl (C=O) groups is 5. The van der Waals surface area contributed by atoms with Gasteiger partial charge in [0, 0.05) is 62.1 Å². The molecular formula is C40H46N2O14. The van der Waals surface area contributed by atoms with Crippen LogP contribution in [-0.2, 0) is 42.2 Å². The Labute approximate surface area is 321 Å². The molecule has 0 aromatic heterocycles. The normalized spacial score (nSPS) is 31.5. The highest BCUT2D eigenvalue weighted by Gasteiger charge is 2.72. The van der Waals surface area contributed by atoms with Crippen molar-refractivity contribution in [1.82, 2.24) is 10.6 Å². The summed E-state index contributed by atoms with van der Waals surface area (Å²) in [5.41, 5.74) is -8.82. The van der Waals surface area contributed by atoms with Crippen LogP contribution in [-0.4, -0.2) is 124 Å². The van der Waals surface area contributed by atoms with Gasteiger partial charge in [-0.05, 0) is 43.9 Å². The standard InChI is InChI=1S/C40H46N2O14/c1-16-11-18-12-25(44)40(55-5)37(51)28-22(36(50)39(40,52)29(18)31(47)20(16)14-26(45)41-19-9-7-6-8-10-19)13-21-27(32(28)48)24(43)15-23(30(21)46)42-38-35(54-4)33(49)34(53-3)17(2)56-38/h11,13,15,17,19,25,33-35,38,42,44,47-49,52H,6-10,12,14H2,1-5H3,(H,41,45)/t17-,25+,33+,34-,35+,38?,39-,40+/m0/s1. The summed E-state index contributed by atoms with van der Waals surface area (Å²) in [5.74, 6) is -6.58. The van der Waals surface area contributed by atoms with Gasteiger partial charge >= 0.3 is 0 Å². The Morgan fingerprint density at radius 3 is 2.25 bits per heavy atom. The number of ketones is 4. The van der Waals surface area contributed by atoms with Gasteiger partial charge < -0.3 is 55.1 Å². The van der Waals surface area contributed by atoms with Crippen LogP contribution in [0.1, 0.15) is 103 Å². The highest BCUT2D eigenvalue weighted by Crippen LogP contribution is 2.56. The summed E-state index contributed by atoms with van der Waals surface area (Å²) in [4.78, 5) is 70.5. The van der Waals surface area contributed by atoms with Crippen LogP contribution >= 0.6 is 0 Å². The first kappa shape index (κ1) is 39.7. The summed E-state index contributed by atoms with van der Waals surface area (Å²) < 4.78 is 22.3. The Balaban J connectivity index is 1.31. The van der Waals surface area contributed by atoms with Gasteiger partial charge in [0.2, 0.25) is 23.3 Å². The molecule has 2 aromatic rings. The summed E-state index contributed by atoms with van der Waals surface area (Å²) in [7, 11) is 3.66. The van der Waals surface area contributed by atoms with Gasteiger partial charge in [0.15, 0.2) is 23.2 Å². The van der Waals surface area contributed by atoms with Crippen molar-refractivity contribution in [3.63, 3.8) is 0 Å². The van der Waals surface area contributed by atoms with Crippen LogP contribution in [0, 0.1) is 6.92 Å². The van der Waals surface area contributed by atoms with E-state index in [2.05, 4.69) is 10.6 Å². The van der Waals surface area contributed by atoms with Crippen molar-refractivity contribution >= 4 is 29.0 Å². The molecule has 1 unspecified atom stereocenters. The number of methoxy groups -OCH3 is 3.